The Morgan fingerprint density at radius 2 is 1.93 bits per heavy atom. The van der Waals surface area contributed by atoms with E-state index < -0.39 is 22.8 Å². The van der Waals surface area contributed by atoms with Gasteiger partial charge in [-0.25, -0.2) is 4.79 Å². The van der Waals surface area contributed by atoms with Crippen LogP contribution in [0.1, 0.15) is 11.1 Å². The van der Waals surface area contributed by atoms with Crippen LogP contribution in [0.4, 0.5) is 5.69 Å². The van der Waals surface area contributed by atoms with Crippen LogP contribution < -0.4 is 4.74 Å². The van der Waals surface area contributed by atoms with E-state index in [0.29, 0.717) is 6.42 Å². The Morgan fingerprint density at radius 1 is 1.19 bits per heavy atom. The zero-order valence-corrected chi connectivity index (χ0v) is 14.7. The molecule has 0 unspecified atom stereocenters. The number of amides is 1. The monoisotopic (exact) mass is 370 g/mol. The van der Waals surface area contributed by atoms with Gasteiger partial charge >= 0.3 is 5.97 Å². The minimum absolute atomic E-state index is 0.126. The molecule has 0 aliphatic carbocycles. The molecule has 8 heteroatoms. The summed E-state index contributed by atoms with van der Waals surface area (Å²) in [7, 11) is 1.28. The number of nitrogens with zero attached hydrogens (tertiary/aromatic N) is 2. The standard InChI is InChI=1S/C19H18N2O6/c1-26-19(23)17-9-13-5-2-3-6-14(13)11-20(17)18(22)12-27-16-8-4-7-15(10-16)21(24)25/h2-8,10,17H,9,11-12H2,1H3/t17-/m1/s1. The lowest BCUT2D eigenvalue weighted by atomic mass is 9.94. The van der Waals surface area contributed by atoms with Crippen molar-refractivity contribution in [2.24, 2.45) is 0 Å². The van der Waals surface area contributed by atoms with Crippen LogP contribution in [0.3, 0.4) is 0 Å². The van der Waals surface area contributed by atoms with Crippen LogP contribution in [0.25, 0.3) is 0 Å². The van der Waals surface area contributed by atoms with Crippen molar-refractivity contribution in [2.75, 3.05) is 13.7 Å². The molecule has 1 atom stereocenters. The fourth-order valence-electron chi connectivity index (χ4n) is 3.05. The van der Waals surface area contributed by atoms with Crippen LogP contribution in [-0.2, 0) is 27.3 Å². The fraction of sp³-hybridized carbons (Fsp3) is 0.263. The Morgan fingerprint density at radius 3 is 2.63 bits per heavy atom. The number of benzene rings is 2. The Hall–Kier alpha value is -3.42. The van der Waals surface area contributed by atoms with Crippen LogP contribution >= 0.6 is 0 Å². The second-order valence-corrected chi connectivity index (χ2v) is 6.08. The van der Waals surface area contributed by atoms with Gasteiger partial charge in [-0.2, -0.15) is 0 Å². The smallest absolute Gasteiger partial charge is 0.328 e. The van der Waals surface area contributed by atoms with Gasteiger partial charge in [0.25, 0.3) is 11.6 Å². The summed E-state index contributed by atoms with van der Waals surface area (Å²) < 4.78 is 10.3. The molecule has 0 aromatic heterocycles. The van der Waals surface area contributed by atoms with Crippen molar-refractivity contribution in [3.63, 3.8) is 0 Å². The number of hydrogen-bond donors (Lipinski definition) is 0. The molecule has 0 saturated heterocycles. The van der Waals surface area contributed by atoms with Crippen LogP contribution in [0.5, 0.6) is 5.75 Å². The van der Waals surface area contributed by atoms with Gasteiger partial charge in [-0.05, 0) is 17.2 Å². The number of ether oxygens (including phenoxy) is 2. The van der Waals surface area contributed by atoms with Gasteiger partial charge in [0.05, 0.1) is 18.1 Å². The van der Waals surface area contributed by atoms with E-state index in [1.165, 1.54) is 36.3 Å². The van der Waals surface area contributed by atoms with Crippen LogP contribution in [0, 0.1) is 10.1 Å². The van der Waals surface area contributed by atoms with E-state index >= 15 is 0 Å². The van der Waals surface area contributed by atoms with Gasteiger partial charge in [-0.3, -0.25) is 14.9 Å². The van der Waals surface area contributed by atoms with Crippen molar-refractivity contribution >= 4 is 17.6 Å². The summed E-state index contributed by atoms with van der Waals surface area (Å²) in [5, 5.41) is 10.8. The summed E-state index contributed by atoms with van der Waals surface area (Å²) in [5.41, 5.74) is 1.83. The molecule has 2 aromatic rings. The third-order valence-corrected chi connectivity index (χ3v) is 4.43. The minimum atomic E-state index is -0.730. The Kier molecular flexibility index (Phi) is 5.35. The van der Waals surface area contributed by atoms with Gasteiger partial charge in [-0.15, -0.1) is 0 Å². The quantitative estimate of drug-likeness (QED) is 0.454. The molecule has 0 N–H and O–H groups in total. The van der Waals surface area contributed by atoms with Gasteiger partial charge in [0.2, 0.25) is 0 Å². The largest absolute Gasteiger partial charge is 0.484 e. The summed E-state index contributed by atoms with van der Waals surface area (Å²) >= 11 is 0. The topological polar surface area (TPSA) is 99.0 Å². The molecule has 1 aliphatic rings. The zero-order valence-electron chi connectivity index (χ0n) is 14.7. The zero-order chi connectivity index (χ0) is 19.4. The van der Waals surface area contributed by atoms with Gasteiger partial charge < -0.3 is 14.4 Å². The van der Waals surface area contributed by atoms with Crippen molar-refractivity contribution < 1.29 is 24.0 Å². The number of esters is 1. The number of carbonyl (C=O) groups is 2. The molecule has 1 heterocycles. The van der Waals surface area contributed by atoms with E-state index in [1.807, 2.05) is 24.3 Å². The predicted molar refractivity (Wildman–Crippen MR) is 95.1 cm³/mol. The first-order chi connectivity index (χ1) is 13.0. The van der Waals surface area contributed by atoms with Crippen LogP contribution in [0.2, 0.25) is 0 Å². The summed E-state index contributed by atoms with van der Waals surface area (Å²) in [6.07, 6.45) is 0.366. The Bertz CT molecular complexity index is 882. The minimum Gasteiger partial charge on any atom is -0.484 e. The highest BCUT2D eigenvalue weighted by Gasteiger charge is 2.35. The molecule has 8 nitrogen and oxygen atoms in total. The summed E-state index contributed by atoms with van der Waals surface area (Å²) in [6, 6.07) is 12.5. The number of hydrogen-bond acceptors (Lipinski definition) is 6. The number of methoxy groups -OCH3 is 1. The lowest BCUT2D eigenvalue weighted by Crippen LogP contribution is -2.50. The maximum atomic E-state index is 12.7. The molecule has 140 valence electrons. The van der Waals surface area contributed by atoms with Crippen molar-refractivity contribution in [3.8, 4) is 5.75 Å². The van der Waals surface area contributed by atoms with Gasteiger partial charge in [0, 0.05) is 19.0 Å². The summed E-state index contributed by atoms with van der Waals surface area (Å²) in [5.74, 6) is -0.677. The highest BCUT2D eigenvalue weighted by Crippen LogP contribution is 2.25. The Labute approximate surface area is 155 Å². The van der Waals surface area contributed by atoms with E-state index in [4.69, 9.17) is 9.47 Å². The second-order valence-electron chi connectivity index (χ2n) is 6.08. The van der Waals surface area contributed by atoms with Crippen molar-refractivity contribution in [1.82, 2.24) is 4.90 Å². The molecule has 27 heavy (non-hydrogen) atoms. The van der Waals surface area contributed by atoms with Crippen molar-refractivity contribution in [1.29, 1.82) is 0 Å². The first-order valence-corrected chi connectivity index (χ1v) is 8.31. The third kappa shape index (κ3) is 4.05. The SMILES string of the molecule is COC(=O)[C@H]1Cc2ccccc2CN1C(=O)COc1cccc([N+](=O)[O-])c1. The van der Waals surface area contributed by atoms with E-state index in [0.717, 1.165) is 11.1 Å². The van der Waals surface area contributed by atoms with E-state index in [2.05, 4.69) is 0 Å². The molecular weight excluding hydrogens is 352 g/mol. The molecule has 1 aliphatic heterocycles. The van der Waals surface area contributed by atoms with Crippen LogP contribution in [0.15, 0.2) is 48.5 Å². The molecule has 1 amide bonds. The summed E-state index contributed by atoms with van der Waals surface area (Å²) in [4.78, 5) is 36.6. The number of non-ortho nitro benzene ring substituents is 1. The van der Waals surface area contributed by atoms with Crippen molar-refractivity contribution in [3.05, 3.63) is 69.8 Å². The van der Waals surface area contributed by atoms with Gasteiger partial charge in [0.1, 0.15) is 11.8 Å². The molecule has 0 radical (unpaired) electrons. The van der Waals surface area contributed by atoms with Gasteiger partial charge in [-0.1, -0.05) is 30.3 Å². The highest BCUT2D eigenvalue weighted by molar-refractivity contribution is 5.86. The molecule has 0 saturated carbocycles. The molecule has 3 rings (SSSR count). The molecular formula is C19H18N2O6. The maximum absolute atomic E-state index is 12.7. The Balaban J connectivity index is 1.74. The molecule has 0 spiro atoms. The first kappa shape index (κ1) is 18.4. The fourth-order valence-corrected chi connectivity index (χ4v) is 3.05. The highest BCUT2D eigenvalue weighted by atomic mass is 16.6. The van der Waals surface area contributed by atoms with Gasteiger partial charge in [0.15, 0.2) is 6.61 Å². The number of rotatable bonds is 5. The van der Waals surface area contributed by atoms with Crippen LogP contribution in [-0.4, -0.2) is 41.5 Å². The lowest BCUT2D eigenvalue weighted by Gasteiger charge is -2.35. The summed E-state index contributed by atoms with van der Waals surface area (Å²) in [6.45, 7) is -0.0656. The molecule has 0 bridgehead atoms. The normalized spacial score (nSPS) is 15.6. The average molecular weight is 370 g/mol. The predicted octanol–water partition coefficient (Wildman–Crippen LogP) is 2.10. The number of carbonyl (C=O) groups excluding carboxylic acids is 2. The maximum Gasteiger partial charge on any atom is 0.328 e. The number of nitro benzene ring substituents is 1. The van der Waals surface area contributed by atoms with E-state index in [1.54, 1.807) is 0 Å². The molecule has 0 fully saturated rings. The van der Waals surface area contributed by atoms with E-state index in [9.17, 15) is 19.7 Å². The third-order valence-electron chi connectivity index (χ3n) is 4.43. The molecule has 2 aromatic carbocycles. The van der Waals surface area contributed by atoms with E-state index in [-0.39, 0.29) is 24.6 Å². The number of fused-ring (bicyclic) bond motifs is 1. The van der Waals surface area contributed by atoms with Crippen molar-refractivity contribution in [2.45, 2.75) is 19.0 Å². The average Bonchev–Trinajstić information content (AvgIpc) is 2.70. The lowest BCUT2D eigenvalue weighted by molar-refractivity contribution is -0.384. The second kappa shape index (κ2) is 7.86. The first-order valence-electron chi connectivity index (χ1n) is 8.31. The number of nitro groups is 1.